The molecule has 0 saturated carbocycles. The Morgan fingerprint density at radius 3 is 2.78 bits per heavy atom. The molecule has 0 unspecified atom stereocenters. The third kappa shape index (κ3) is 3.78. The van der Waals surface area contributed by atoms with Gasteiger partial charge in [0, 0.05) is 35.5 Å². The van der Waals surface area contributed by atoms with Crippen molar-refractivity contribution in [2.45, 2.75) is 33.4 Å². The number of rotatable bonds is 4. The molecule has 3 aromatic rings. The van der Waals surface area contributed by atoms with E-state index in [4.69, 9.17) is 28.1 Å². The predicted molar refractivity (Wildman–Crippen MR) is 123 cm³/mol. The molecule has 1 aliphatic heterocycles. The van der Waals surface area contributed by atoms with E-state index in [-0.39, 0.29) is 23.1 Å². The number of amides is 2. The van der Waals surface area contributed by atoms with Crippen molar-refractivity contribution in [2.75, 3.05) is 6.54 Å². The number of primary amides is 1. The highest BCUT2D eigenvalue weighted by atomic mass is 32.1. The summed E-state index contributed by atoms with van der Waals surface area (Å²) in [6, 6.07) is 1.70. The zero-order valence-electron chi connectivity index (χ0n) is 17.5. The van der Waals surface area contributed by atoms with E-state index in [1.54, 1.807) is 24.1 Å². The maximum absolute atomic E-state index is 12.3. The summed E-state index contributed by atoms with van der Waals surface area (Å²) in [5, 5.41) is 10.7. The molecule has 0 aromatic carbocycles. The summed E-state index contributed by atoms with van der Waals surface area (Å²) in [5.74, 6) is -0.637. The van der Waals surface area contributed by atoms with Crippen LogP contribution in [0.5, 0.6) is 0 Å². The summed E-state index contributed by atoms with van der Waals surface area (Å²) in [6.45, 7) is 3.95. The number of aromatic nitrogens is 1. The van der Waals surface area contributed by atoms with Crippen molar-refractivity contribution in [1.29, 1.82) is 0 Å². The number of nitrogens with two attached hydrogens (primary N) is 2. The minimum Gasteiger partial charge on any atom is -0.436 e. The van der Waals surface area contributed by atoms with E-state index in [2.05, 4.69) is 9.98 Å². The zero-order chi connectivity index (χ0) is 23.2. The minimum atomic E-state index is -0.601. The summed E-state index contributed by atoms with van der Waals surface area (Å²) < 4.78 is 6.04. The Kier molecular flexibility index (Phi) is 5.80. The maximum Gasteiger partial charge on any atom is 0.252 e. The van der Waals surface area contributed by atoms with Crippen molar-refractivity contribution in [3.8, 4) is 0 Å². The minimum absolute atomic E-state index is 0.0360. The van der Waals surface area contributed by atoms with Gasteiger partial charge in [0.1, 0.15) is 9.99 Å². The summed E-state index contributed by atoms with van der Waals surface area (Å²) >= 11 is 6.49. The van der Waals surface area contributed by atoms with Gasteiger partial charge >= 0.3 is 0 Å². The quantitative estimate of drug-likeness (QED) is 0.489. The van der Waals surface area contributed by atoms with E-state index in [0.29, 0.717) is 57.9 Å². The molecular formula is C21H21N5O4S2. The normalized spacial score (nSPS) is 14.0. The highest BCUT2D eigenvalue weighted by Crippen LogP contribution is 2.38. The predicted octanol–water partition coefficient (Wildman–Crippen LogP) is 1.56. The number of thiophene rings is 1. The Morgan fingerprint density at radius 1 is 1.41 bits per heavy atom. The molecular weight excluding hydrogens is 450 g/mol. The monoisotopic (exact) mass is 471 g/mol. The number of carbonyl (C=O) groups is 2. The summed E-state index contributed by atoms with van der Waals surface area (Å²) in [6.07, 6.45) is 2.08. The molecule has 4 rings (SSSR count). The van der Waals surface area contributed by atoms with Crippen molar-refractivity contribution in [1.82, 2.24) is 9.88 Å². The number of pyridine rings is 1. The Morgan fingerprint density at radius 2 is 2.16 bits per heavy atom. The Labute approximate surface area is 192 Å². The molecule has 5 N–H and O–H groups in total. The molecule has 4 heterocycles. The van der Waals surface area contributed by atoms with Crippen LogP contribution in [0.4, 0.5) is 5.00 Å². The van der Waals surface area contributed by atoms with E-state index >= 15 is 0 Å². The molecule has 0 radical (unpaired) electrons. The van der Waals surface area contributed by atoms with E-state index in [9.17, 15) is 14.7 Å². The van der Waals surface area contributed by atoms with Gasteiger partial charge in [-0.2, -0.15) is 0 Å². The lowest BCUT2D eigenvalue weighted by Gasteiger charge is -2.25. The van der Waals surface area contributed by atoms with Gasteiger partial charge in [-0.1, -0.05) is 12.2 Å². The van der Waals surface area contributed by atoms with Crippen LogP contribution in [0.3, 0.4) is 0 Å². The number of fused-ring (bicyclic) bond motifs is 2. The lowest BCUT2D eigenvalue weighted by molar-refractivity contribution is -0.129. The Hall–Kier alpha value is -3.15. The Balaban J connectivity index is 1.98. The van der Waals surface area contributed by atoms with Gasteiger partial charge in [-0.3, -0.25) is 14.6 Å². The fourth-order valence-corrected chi connectivity index (χ4v) is 5.14. The average Bonchev–Trinajstić information content (AvgIpc) is 3.11. The number of hydrogen-bond acceptors (Lipinski definition) is 8. The largest absolute Gasteiger partial charge is 0.436 e. The fraction of sp³-hybridized carbons (Fsp3) is 0.286. The van der Waals surface area contributed by atoms with Crippen LogP contribution in [-0.2, 0) is 24.4 Å². The lowest BCUT2D eigenvalue weighted by Crippen LogP contribution is -2.34. The third-order valence-electron chi connectivity index (χ3n) is 5.42. The van der Waals surface area contributed by atoms with Crippen molar-refractivity contribution >= 4 is 56.3 Å². The van der Waals surface area contributed by atoms with E-state index in [1.165, 1.54) is 18.3 Å². The van der Waals surface area contributed by atoms with Crippen LogP contribution < -0.4 is 17.0 Å². The topological polar surface area (TPSA) is 148 Å². The van der Waals surface area contributed by atoms with Crippen LogP contribution in [0.25, 0.3) is 11.0 Å². The van der Waals surface area contributed by atoms with E-state index in [0.717, 1.165) is 10.4 Å². The first-order valence-corrected chi connectivity index (χ1v) is 11.0. The molecule has 3 aromatic heterocycles. The van der Waals surface area contributed by atoms with Gasteiger partial charge in [0.05, 0.1) is 30.0 Å². The molecule has 0 fully saturated rings. The first-order valence-electron chi connectivity index (χ1n) is 9.78. The van der Waals surface area contributed by atoms with E-state index in [1.807, 2.05) is 0 Å². The van der Waals surface area contributed by atoms with Gasteiger partial charge in [0.2, 0.25) is 11.5 Å². The van der Waals surface area contributed by atoms with Crippen LogP contribution in [0.1, 0.15) is 44.5 Å². The average molecular weight is 472 g/mol. The van der Waals surface area contributed by atoms with Gasteiger partial charge in [0.25, 0.3) is 5.91 Å². The van der Waals surface area contributed by atoms with Gasteiger partial charge < -0.3 is 25.9 Å². The lowest BCUT2D eigenvalue weighted by atomic mass is 10.0. The van der Waals surface area contributed by atoms with Gasteiger partial charge in [-0.05, 0) is 25.0 Å². The molecule has 0 bridgehead atoms. The van der Waals surface area contributed by atoms with Crippen LogP contribution in [0, 0.1) is 6.92 Å². The fourth-order valence-electron chi connectivity index (χ4n) is 3.76. The van der Waals surface area contributed by atoms with Crippen LogP contribution in [0.15, 0.2) is 21.7 Å². The smallest absolute Gasteiger partial charge is 0.252 e. The summed E-state index contributed by atoms with van der Waals surface area (Å²) in [7, 11) is 0. The second-order valence-electron chi connectivity index (χ2n) is 7.45. The van der Waals surface area contributed by atoms with Crippen molar-refractivity contribution < 1.29 is 19.1 Å². The molecule has 166 valence electrons. The number of aliphatic hydroxyl groups is 1. The highest BCUT2D eigenvalue weighted by molar-refractivity contribution is 7.80. The van der Waals surface area contributed by atoms with Crippen LogP contribution >= 0.6 is 23.6 Å². The molecule has 1 aliphatic rings. The molecule has 0 aliphatic carbocycles. The number of aryl methyl sites for hydroxylation is 1. The second-order valence-corrected chi connectivity index (χ2v) is 8.97. The molecule has 0 atom stereocenters. The number of aliphatic hydroxyl groups excluding tert-OH is 1. The van der Waals surface area contributed by atoms with Crippen molar-refractivity contribution in [3.05, 3.63) is 50.6 Å². The molecule has 32 heavy (non-hydrogen) atoms. The molecule has 2 amide bonds. The van der Waals surface area contributed by atoms with Gasteiger partial charge in [-0.25, -0.2) is 4.99 Å². The number of carbonyl (C=O) groups excluding carboxylic acids is 2. The molecule has 11 heteroatoms. The van der Waals surface area contributed by atoms with Gasteiger partial charge in [-0.15, -0.1) is 11.3 Å². The number of thiocarbonyl (C=S) groups is 1. The van der Waals surface area contributed by atoms with E-state index < -0.39 is 5.91 Å². The Bertz CT molecular complexity index is 1360. The molecule has 9 nitrogen and oxygen atoms in total. The third-order valence-corrected chi connectivity index (χ3v) is 6.75. The molecule has 0 spiro atoms. The van der Waals surface area contributed by atoms with Crippen molar-refractivity contribution in [3.63, 3.8) is 0 Å². The summed E-state index contributed by atoms with van der Waals surface area (Å²) in [5.41, 5.74) is 14.8. The molecule has 0 saturated heterocycles. The first kappa shape index (κ1) is 22.1. The zero-order valence-corrected chi connectivity index (χ0v) is 19.1. The SMILES string of the molecule is CC(=O)N1CCc2c(sc(/N=c3\oc4c(C)ncc(CO)c4cc3C(N)=S)c2C(N)=O)C1. The first-order chi connectivity index (χ1) is 15.2. The maximum atomic E-state index is 12.3. The van der Waals surface area contributed by atoms with Crippen LogP contribution in [-0.4, -0.2) is 38.3 Å². The summed E-state index contributed by atoms with van der Waals surface area (Å²) in [4.78, 5) is 35.6. The number of nitrogens with zero attached hydrogens (tertiary/aromatic N) is 3. The van der Waals surface area contributed by atoms with Gasteiger partial charge in [0.15, 0.2) is 5.58 Å². The number of hydrogen-bond donors (Lipinski definition) is 3. The highest BCUT2D eigenvalue weighted by Gasteiger charge is 2.28. The van der Waals surface area contributed by atoms with Crippen molar-refractivity contribution in [2.24, 2.45) is 16.5 Å². The second kappa shape index (κ2) is 8.41. The van der Waals surface area contributed by atoms with Crippen LogP contribution in [0.2, 0.25) is 0 Å². The standard InChI is InChI=1S/C21H21N5O4S2/c1-9-17-13(11(8-27)6-24-9)5-14(19(23)31)20(30-17)25-21-16(18(22)29)12-3-4-26(10(2)28)7-15(12)32-21/h5-6,27H,3-4,7-8H2,1-2H3,(H2,22,29)(H2,23,31)/b25-20-.